The van der Waals surface area contributed by atoms with Crippen molar-refractivity contribution in [2.45, 2.75) is 20.8 Å². The largest absolute Gasteiger partial charge is 0.372 e. The van der Waals surface area contributed by atoms with Crippen LogP contribution in [0.2, 0.25) is 0 Å². The predicted octanol–water partition coefficient (Wildman–Crippen LogP) is 3.86. The van der Waals surface area contributed by atoms with Crippen LogP contribution in [0.15, 0.2) is 42.5 Å². The average Bonchev–Trinajstić information content (AvgIpc) is 3.05. The molecule has 2 aromatic carbocycles. The summed E-state index contributed by atoms with van der Waals surface area (Å²) in [6, 6.07) is 11.7. The Bertz CT molecular complexity index is 898. The standard InChI is InChI=1S/C22H27FN4O2/c1-4-25(5-2)17-10-11-19(16(3)14-17)24-21(28)15-26-12-13-27(22(26)29)20-9-7-6-8-18(20)23/h6-11,14H,4-5,12-13,15H2,1-3H3,(H,24,28). The number of nitrogens with zero attached hydrogens (tertiary/aromatic N) is 3. The monoisotopic (exact) mass is 398 g/mol. The van der Waals surface area contributed by atoms with Crippen molar-refractivity contribution in [2.24, 2.45) is 0 Å². The van der Waals surface area contributed by atoms with E-state index in [0.29, 0.717) is 13.1 Å². The van der Waals surface area contributed by atoms with Gasteiger partial charge >= 0.3 is 6.03 Å². The number of carbonyl (C=O) groups excluding carboxylic acids is 2. The first-order chi connectivity index (χ1) is 13.9. The van der Waals surface area contributed by atoms with E-state index >= 15 is 0 Å². The first-order valence-electron chi connectivity index (χ1n) is 9.91. The van der Waals surface area contributed by atoms with Crippen molar-refractivity contribution in [3.63, 3.8) is 0 Å². The highest BCUT2D eigenvalue weighted by molar-refractivity contribution is 5.99. The minimum Gasteiger partial charge on any atom is -0.372 e. The van der Waals surface area contributed by atoms with E-state index in [1.54, 1.807) is 18.2 Å². The molecule has 1 fully saturated rings. The quantitative estimate of drug-likeness (QED) is 0.771. The van der Waals surface area contributed by atoms with Crippen LogP contribution in [0.1, 0.15) is 19.4 Å². The van der Waals surface area contributed by atoms with Gasteiger partial charge in [-0.2, -0.15) is 0 Å². The number of hydrogen-bond donors (Lipinski definition) is 1. The molecule has 3 rings (SSSR count). The molecule has 1 saturated heterocycles. The summed E-state index contributed by atoms with van der Waals surface area (Å²) in [7, 11) is 0. The lowest BCUT2D eigenvalue weighted by molar-refractivity contribution is -0.116. The second-order valence-corrected chi connectivity index (χ2v) is 7.03. The van der Waals surface area contributed by atoms with Crippen molar-refractivity contribution in [1.29, 1.82) is 0 Å². The summed E-state index contributed by atoms with van der Waals surface area (Å²) >= 11 is 0. The maximum absolute atomic E-state index is 14.0. The van der Waals surface area contributed by atoms with E-state index in [9.17, 15) is 14.0 Å². The topological polar surface area (TPSA) is 55.9 Å². The van der Waals surface area contributed by atoms with E-state index in [4.69, 9.17) is 0 Å². The minimum absolute atomic E-state index is 0.0684. The van der Waals surface area contributed by atoms with Crippen LogP contribution in [-0.4, -0.2) is 49.6 Å². The summed E-state index contributed by atoms with van der Waals surface area (Å²) in [5.41, 5.74) is 3.04. The summed E-state index contributed by atoms with van der Waals surface area (Å²) in [4.78, 5) is 30.1. The smallest absolute Gasteiger partial charge is 0.325 e. The van der Waals surface area contributed by atoms with Crippen LogP contribution in [0.4, 0.5) is 26.2 Å². The van der Waals surface area contributed by atoms with Gasteiger partial charge in [0.05, 0.1) is 5.69 Å². The zero-order valence-electron chi connectivity index (χ0n) is 17.1. The Labute approximate surface area is 170 Å². The van der Waals surface area contributed by atoms with Crippen LogP contribution in [0.25, 0.3) is 0 Å². The van der Waals surface area contributed by atoms with Crippen molar-refractivity contribution in [1.82, 2.24) is 4.90 Å². The van der Waals surface area contributed by atoms with E-state index in [1.165, 1.54) is 15.9 Å². The number of carbonyl (C=O) groups is 2. The van der Waals surface area contributed by atoms with Gasteiger partial charge in [-0.1, -0.05) is 12.1 Å². The number of benzene rings is 2. The number of para-hydroxylation sites is 1. The second-order valence-electron chi connectivity index (χ2n) is 7.03. The Kier molecular flexibility index (Phi) is 6.36. The zero-order valence-corrected chi connectivity index (χ0v) is 17.1. The number of anilines is 3. The second kappa shape index (κ2) is 8.94. The molecule has 1 aliphatic rings. The Morgan fingerprint density at radius 3 is 2.52 bits per heavy atom. The maximum Gasteiger partial charge on any atom is 0.325 e. The van der Waals surface area contributed by atoms with E-state index in [2.05, 4.69) is 24.1 Å². The fraction of sp³-hybridized carbons (Fsp3) is 0.364. The SMILES string of the molecule is CCN(CC)c1ccc(NC(=O)CN2CCN(c3ccccc3F)C2=O)c(C)c1. The third-order valence-corrected chi connectivity index (χ3v) is 5.19. The number of hydrogen-bond acceptors (Lipinski definition) is 3. The molecule has 29 heavy (non-hydrogen) atoms. The molecular formula is C22H27FN4O2. The van der Waals surface area contributed by atoms with Crippen LogP contribution >= 0.6 is 0 Å². The van der Waals surface area contributed by atoms with Crippen LogP contribution in [0.5, 0.6) is 0 Å². The molecule has 1 N–H and O–H groups in total. The minimum atomic E-state index is -0.448. The summed E-state index contributed by atoms with van der Waals surface area (Å²) in [6.07, 6.45) is 0. The van der Waals surface area contributed by atoms with Gasteiger partial charge < -0.3 is 15.1 Å². The molecule has 0 saturated carbocycles. The first-order valence-corrected chi connectivity index (χ1v) is 9.91. The molecular weight excluding hydrogens is 371 g/mol. The summed E-state index contributed by atoms with van der Waals surface area (Å²) < 4.78 is 14.0. The highest BCUT2D eigenvalue weighted by Crippen LogP contribution is 2.24. The molecule has 3 amide bonds. The summed E-state index contributed by atoms with van der Waals surface area (Å²) in [5.74, 6) is -0.719. The van der Waals surface area contributed by atoms with Crippen LogP contribution in [0, 0.1) is 12.7 Å². The first kappa shape index (κ1) is 20.6. The molecule has 2 aromatic rings. The molecule has 0 atom stereocenters. The molecule has 0 aromatic heterocycles. The lowest BCUT2D eigenvalue weighted by Crippen LogP contribution is -2.37. The lowest BCUT2D eigenvalue weighted by Gasteiger charge is -2.22. The normalized spacial score (nSPS) is 13.7. The highest BCUT2D eigenvalue weighted by Gasteiger charge is 2.32. The molecule has 0 unspecified atom stereocenters. The Hall–Kier alpha value is -3.09. The lowest BCUT2D eigenvalue weighted by atomic mass is 10.1. The van der Waals surface area contributed by atoms with Crippen molar-refractivity contribution in [3.05, 3.63) is 53.8 Å². The molecule has 0 spiro atoms. The Balaban J connectivity index is 1.63. The van der Waals surface area contributed by atoms with E-state index in [0.717, 1.165) is 30.0 Å². The number of amides is 3. The number of urea groups is 1. The molecule has 1 aliphatic heterocycles. The predicted molar refractivity (Wildman–Crippen MR) is 114 cm³/mol. The highest BCUT2D eigenvalue weighted by atomic mass is 19.1. The van der Waals surface area contributed by atoms with Crippen LogP contribution < -0.4 is 15.1 Å². The molecule has 7 heteroatoms. The number of rotatable bonds is 7. The van der Waals surface area contributed by atoms with Gasteiger partial charge in [0.25, 0.3) is 0 Å². The fourth-order valence-corrected chi connectivity index (χ4v) is 3.56. The number of aryl methyl sites for hydroxylation is 1. The van der Waals surface area contributed by atoms with Crippen molar-refractivity contribution in [3.8, 4) is 0 Å². The third kappa shape index (κ3) is 4.50. The van der Waals surface area contributed by atoms with E-state index in [-0.39, 0.29) is 24.2 Å². The zero-order chi connectivity index (χ0) is 21.0. The van der Waals surface area contributed by atoms with Gasteiger partial charge in [-0.25, -0.2) is 9.18 Å². The van der Waals surface area contributed by atoms with E-state index in [1.807, 2.05) is 25.1 Å². The van der Waals surface area contributed by atoms with Gasteiger partial charge in [0.2, 0.25) is 5.91 Å². The van der Waals surface area contributed by atoms with Gasteiger partial charge in [-0.15, -0.1) is 0 Å². The van der Waals surface area contributed by atoms with Gasteiger partial charge in [-0.3, -0.25) is 9.69 Å². The fourth-order valence-electron chi connectivity index (χ4n) is 3.56. The molecule has 0 radical (unpaired) electrons. The third-order valence-electron chi connectivity index (χ3n) is 5.19. The van der Waals surface area contributed by atoms with Gasteiger partial charge in [-0.05, 0) is 56.7 Å². The summed E-state index contributed by atoms with van der Waals surface area (Å²) in [5, 5.41) is 2.88. The molecule has 154 valence electrons. The molecule has 0 bridgehead atoms. The molecule has 0 aliphatic carbocycles. The van der Waals surface area contributed by atoms with Crippen molar-refractivity contribution in [2.75, 3.05) is 47.8 Å². The van der Waals surface area contributed by atoms with Crippen LogP contribution in [0.3, 0.4) is 0 Å². The van der Waals surface area contributed by atoms with Gasteiger partial charge in [0, 0.05) is 37.6 Å². The van der Waals surface area contributed by atoms with Gasteiger partial charge in [0.15, 0.2) is 0 Å². The van der Waals surface area contributed by atoms with Crippen LogP contribution in [-0.2, 0) is 4.79 Å². The van der Waals surface area contributed by atoms with Gasteiger partial charge in [0.1, 0.15) is 12.4 Å². The average molecular weight is 398 g/mol. The Morgan fingerprint density at radius 1 is 1.14 bits per heavy atom. The van der Waals surface area contributed by atoms with Crippen molar-refractivity contribution < 1.29 is 14.0 Å². The number of halogens is 1. The molecule has 1 heterocycles. The number of nitrogens with one attached hydrogen (secondary N) is 1. The summed E-state index contributed by atoms with van der Waals surface area (Å²) in [6.45, 7) is 8.64. The maximum atomic E-state index is 14.0. The van der Waals surface area contributed by atoms with E-state index < -0.39 is 5.82 Å². The Morgan fingerprint density at radius 2 is 1.86 bits per heavy atom. The van der Waals surface area contributed by atoms with Crippen molar-refractivity contribution >= 4 is 29.0 Å². The molecule has 6 nitrogen and oxygen atoms in total.